The minimum absolute atomic E-state index is 0.111. The molecule has 36 heavy (non-hydrogen) atoms. The molecule has 1 aromatic heterocycles. The molecule has 0 fully saturated rings. The van der Waals surface area contributed by atoms with E-state index in [1.54, 1.807) is 24.3 Å². The van der Waals surface area contributed by atoms with Gasteiger partial charge in [-0.1, -0.05) is 12.1 Å². The van der Waals surface area contributed by atoms with Crippen molar-refractivity contribution in [1.82, 2.24) is 14.9 Å². The van der Waals surface area contributed by atoms with Gasteiger partial charge >= 0.3 is 12.1 Å². The second-order valence-corrected chi connectivity index (χ2v) is 8.03. The number of amides is 2. The summed E-state index contributed by atoms with van der Waals surface area (Å²) in [6.07, 6.45) is 0.00817. The molecule has 2 heterocycles. The second-order valence-electron chi connectivity index (χ2n) is 8.03. The fraction of sp³-hybridized carbons (Fsp3) is 0.200. The summed E-state index contributed by atoms with van der Waals surface area (Å²) in [6, 6.07) is 13.3. The van der Waals surface area contributed by atoms with Crippen LogP contribution in [0.2, 0.25) is 0 Å². The van der Waals surface area contributed by atoms with Crippen molar-refractivity contribution < 1.29 is 24.2 Å². The van der Waals surface area contributed by atoms with Crippen LogP contribution in [0.3, 0.4) is 0 Å². The van der Waals surface area contributed by atoms with Gasteiger partial charge < -0.3 is 15.2 Å². The molecule has 0 saturated heterocycles. The number of aromatic carboxylic acids is 1. The van der Waals surface area contributed by atoms with E-state index in [2.05, 4.69) is 20.4 Å². The molecule has 0 spiro atoms. The molecule has 1 atom stereocenters. The Morgan fingerprint density at radius 3 is 2.75 bits per heavy atom. The van der Waals surface area contributed by atoms with Gasteiger partial charge in [0, 0.05) is 24.6 Å². The zero-order chi connectivity index (χ0) is 25.8. The van der Waals surface area contributed by atoms with Crippen molar-refractivity contribution in [2.75, 3.05) is 12.4 Å². The lowest BCUT2D eigenvalue weighted by Crippen LogP contribution is -2.35. The highest BCUT2D eigenvalue weighted by molar-refractivity contribution is 5.91. The van der Waals surface area contributed by atoms with Crippen molar-refractivity contribution in [2.24, 2.45) is 0 Å². The smallest absolute Gasteiger partial charge is 0.411 e. The second kappa shape index (κ2) is 10.1. The third-order valence-corrected chi connectivity index (χ3v) is 5.77. The Labute approximate surface area is 205 Å². The summed E-state index contributed by atoms with van der Waals surface area (Å²) in [4.78, 5) is 53.4. The molecular weight excluding hydrogens is 466 g/mol. The Hall–Kier alpha value is -4.98. The van der Waals surface area contributed by atoms with E-state index < -0.39 is 23.7 Å². The van der Waals surface area contributed by atoms with E-state index in [4.69, 9.17) is 5.11 Å². The molecule has 0 radical (unpaired) electrons. The first-order chi connectivity index (χ1) is 17.3. The number of carbonyl (C=O) groups excluding carboxylic acids is 2. The van der Waals surface area contributed by atoms with Gasteiger partial charge in [0.15, 0.2) is 0 Å². The zero-order valence-electron chi connectivity index (χ0n) is 19.1. The molecule has 3 N–H and O–H groups in total. The zero-order valence-corrected chi connectivity index (χ0v) is 19.1. The van der Waals surface area contributed by atoms with Gasteiger partial charge in [0.2, 0.25) is 5.91 Å². The van der Waals surface area contributed by atoms with Crippen molar-refractivity contribution in [1.29, 1.82) is 5.26 Å². The molecule has 3 aromatic rings. The topological polar surface area (TPSA) is 163 Å². The number of nitriles is 1. The van der Waals surface area contributed by atoms with Crippen LogP contribution in [0, 0.1) is 11.3 Å². The maximum absolute atomic E-state index is 13.0. The van der Waals surface area contributed by atoms with Gasteiger partial charge in [-0.25, -0.2) is 14.6 Å². The van der Waals surface area contributed by atoms with Gasteiger partial charge in [-0.05, 0) is 42.3 Å². The van der Waals surface area contributed by atoms with Crippen LogP contribution in [-0.4, -0.2) is 39.7 Å². The van der Waals surface area contributed by atoms with E-state index in [0.717, 1.165) is 0 Å². The number of carboxylic acid groups (broad SMARTS) is 1. The van der Waals surface area contributed by atoms with Crippen LogP contribution in [0.15, 0.2) is 53.3 Å². The number of aryl methyl sites for hydroxylation is 1. The summed E-state index contributed by atoms with van der Waals surface area (Å²) in [5.41, 5.74) is 1.56. The number of carboxylic acids is 1. The average molecular weight is 487 g/mol. The minimum Gasteiger partial charge on any atom is -0.478 e. The third-order valence-electron chi connectivity index (χ3n) is 5.77. The van der Waals surface area contributed by atoms with Crippen LogP contribution >= 0.6 is 0 Å². The number of rotatable bonds is 6. The molecule has 0 aliphatic carbocycles. The van der Waals surface area contributed by atoms with E-state index in [0.29, 0.717) is 35.4 Å². The SMILES string of the molecule is COC(=O)Nc1cc(C#N)ccc1-c1cc(=O)n2c(n1)CC[C@H]2C(=O)NCc1cccc(C(=O)O)c1. The van der Waals surface area contributed by atoms with Crippen LogP contribution < -0.4 is 16.2 Å². The molecule has 0 bridgehead atoms. The molecule has 11 nitrogen and oxygen atoms in total. The van der Waals surface area contributed by atoms with Crippen LogP contribution in [0.1, 0.15) is 39.8 Å². The van der Waals surface area contributed by atoms with E-state index in [-0.39, 0.29) is 29.4 Å². The number of fused-ring (bicyclic) bond motifs is 1. The highest BCUT2D eigenvalue weighted by Gasteiger charge is 2.31. The predicted molar refractivity (Wildman–Crippen MR) is 127 cm³/mol. The quantitative estimate of drug-likeness (QED) is 0.477. The highest BCUT2D eigenvalue weighted by Crippen LogP contribution is 2.30. The summed E-state index contributed by atoms with van der Waals surface area (Å²) in [5, 5.41) is 23.6. The Morgan fingerprint density at radius 2 is 2.03 bits per heavy atom. The molecule has 2 aromatic carbocycles. The fourth-order valence-electron chi connectivity index (χ4n) is 4.05. The summed E-state index contributed by atoms with van der Waals surface area (Å²) in [6.45, 7) is 0.111. The van der Waals surface area contributed by atoms with Gasteiger partial charge in [-0.2, -0.15) is 5.26 Å². The summed E-state index contributed by atoms with van der Waals surface area (Å²) in [5.74, 6) is -1.02. The summed E-state index contributed by atoms with van der Waals surface area (Å²) >= 11 is 0. The van der Waals surface area contributed by atoms with Crippen LogP contribution in [0.4, 0.5) is 10.5 Å². The number of ether oxygens (including phenoxy) is 1. The van der Waals surface area contributed by atoms with Crippen molar-refractivity contribution in [3.63, 3.8) is 0 Å². The first kappa shape index (κ1) is 24.2. The molecule has 1 aliphatic heterocycles. The third kappa shape index (κ3) is 4.92. The number of methoxy groups -OCH3 is 1. The molecule has 0 saturated carbocycles. The minimum atomic E-state index is -1.06. The van der Waals surface area contributed by atoms with Gasteiger partial charge in [-0.15, -0.1) is 0 Å². The number of anilines is 1. The van der Waals surface area contributed by atoms with Gasteiger partial charge in [0.05, 0.1) is 35.7 Å². The first-order valence-electron chi connectivity index (χ1n) is 10.9. The molecule has 11 heteroatoms. The lowest BCUT2D eigenvalue weighted by Gasteiger charge is -2.16. The Kier molecular flexibility index (Phi) is 6.78. The van der Waals surface area contributed by atoms with E-state index >= 15 is 0 Å². The maximum Gasteiger partial charge on any atom is 0.411 e. The van der Waals surface area contributed by atoms with Crippen molar-refractivity contribution in [3.8, 4) is 17.3 Å². The number of aromatic nitrogens is 2. The molecule has 182 valence electrons. The molecule has 1 aliphatic rings. The van der Waals surface area contributed by atoms with Gasteiger partial charge in [-0.3, -0.25) is 19.5 Å². The van der Waals surface area contributed by atoms with E-state index in [1.165, 1.54) is 35.9 Å². The number of carbonyl (C=O) groups is 3. The standard InChI is InChI=1S/C25H21N5O6/c1-36-25(35)29-18-10-14(12-26)5-6-17(18)19-11-22(31)30-20(7-8-21(30)28-19)23(32)27-13-15-3-2-4-16(9-15)24(33)34/h2-6,9-11,20H,7-8,13H2,1H3,(H,27,32)(H,29,35)(H,33,34)/t20-/m0/s1. The van der Waals surface area contributed by atoms with Crippen LogP contribution in [0.25, 0.3) is 11.3 Å². The van der Waals surface area contributed by atoms with E-state index in [9.17, 15) is 24.4 Å². The van der Waals surface area contributed by atoms with Crippen LogP contribution in [-0.2, 0) is 22.5 Å². The number of benzene rings is 2. The number of hydrogen-bond acceptors (Lipinski definition) is 7. The van der Waals surface area contributed by atoms with Gasteiger partial charge in [0.1, 0.15) is 11.9 Å². The molecule has 0 unspecified atom stereocenters. The van der Waals surface area contributed by atoms with Gasteiger partial charge in [0.25, 0.3) is 5.56 Å². The maximum atomic E-state index is 13.0. The molecule has 4 rings (SSSR count). The van der Waals surface area contributed by atoms with E-state index in [1.807, 2.05) is 6.07 Å². The lowest BCUT2D eigenvalue weighted by molar-refractivity contribution is -0.124. The summed E-state index contributed by atoms with van der Waals surface area (Å²) < 4.78 is 5.97. The first-order valence-corrected chi connectivity index (χ1v) is 10.9. The average Bonchev–Trinajstić information content (AvgIpc) is 3.32. The highest BCUT2D eigenvalue weighted by atomic mass is 16.5. The monoisotopic (exact) mass is 487 g/mol. The number of nitrogens with one attached hydrogen (secondary N) is 2. The molecular formula is C25H21N5O6. The normalized spacial score (nSPS) is 13.8. The number of nitrogens with zero attached hydrogens (tertiary/aromatic N) is 3. The Bertz CT molecular complexity index is 1470. The van der Waals surface area contributed by atoms with Crippen molar-refractivity contribution in [3.05, 3.63) is 81.4 Å². The largest absolute Gasteiger partial charge is 0.478 e. The Morgan fingerprint density at radius 1 is 1.22 bits per heavy atom. The lowest BCUT2D eigenvalue weighted by atomic mass is 10.1. The molecule has 2 amide bonds. The Balaban J connectivity index is 1.58. The fourth-order valence-corrected chi connectivity index (χ4v) is 4.05. The van der Waals surface area contributed by atoms with Crippen molar-refractivity contribution in [2.45, 2.75) is 25.4 Å². The number of hydrogen-bond donors (Lipinski definition) is 3. The summed E-state index contributed by atoms with van der Waals surface area (Å²) in [7, 11) is 1.21. The predicted octanol–water partition coefficient (Wildman–Crippen LogP) is 2.46. The van der Waals surface area contributed by atoms with Crippen molar-refractivity contribution >= 4 is 23.7 Å². The van der Waals surface area contributed by atoms with Crippen LogP contribution in [0.5, 0.6) is 0 Å².